The minimum atomic E-state index is -0.752. The molecule has 18 heavy (non-hydrogen) atoms. The van der Waals surface area contributed by atoms with Gasteiger partial charge < -0.3 is 14.6 Å². The lowest BCUT2D eigenvalue weighted by Gasteiger charge is -2.06. The summed E-state index contributed by atoms with van der Waals surface area (Å²) >= 11 is 0. The van der Waals surface area contributed by atoms with Crippen molar-refractivity contribution < 1.29 is 19.4 Å². The van der Waals surface area contributed by atoms with E-state index in [-0.39, 0.29) is 6.42 Å². The summed E-state index contributed by atoms with van der Waals surface area (Å²) < 4.78 is 10.5. The summed E-state index contributed by atoms with van der Waals surface area (Å²) in [6.07, 6.45) is 2.52. The van der Waals surface area contributed by atoms with Crippen molar-refractivity contribution >= 4 is 5.97 Å². The monoisotopic (exact) mass is 252 g/mol. The van der Waals surface area contributed by atoms with Gasteiger partial charge in [0.25, 0.3) is 0 Å². The van der Waals surface area contributed by atoms with Crippen LogP contribution < -0.4 is 4.74 Å². The third kappa shape index (κ3) is 6.25. The van der Waals surface area contributed by atoms with E-state index in [0.717, 1.165) is 25.2 Å². The van der Waals surface area contributed by atoms with Gasteiger partial charge in [-0.15, -0.1) is 0 Å². The van der Waals surface area contributed by atoms with Crippen molar-refractivity contribution in [3.8, 4) is 5.75 Å². The number of aliphatic carboxylic acids is 1. The number of ether oxygens (including phenoxy) is 2. The lowest BCUT2D eigenvalue weighted by Crippen LogP contribution is -2.00. The molecular formula is C14H20O4. The summed E-state index contributed by atoms with van der Waals surface area (Å²) in [7, 11) is 1.69. The van der Waals surface area contributed by atoms with Crippen LogP contribution in [-0.4, -0.2) is 31.4 Å². The largest absolute Gasteiger partial charge is 0.494 e. The Hall–Kier alpha value is -1.55. The van der Waals surface area contributed by atoms with Crippen molar-refractivity contribution in [1.29, 1.82) is 0 Å². The molecule has 4 nitrogen and oxygen atoms in total. The molecule has 0 spiro atoms. The van der Waals surface area contributed by atoms with Gasteiger partial charge in [0.1, 0.15) is 5.75 Å². The number of carboxylic acids is 1. The normalized spacial score (nSPS) is 10.3. The van der Waals surface area contributed by atoms with Gasteiger partial charge in [-0.2, -0.15) is 0 Å². The van der Waals surface area contributed by atoms with Gasteiger partial charge in [0.15, 0.2) is 0 Å². The van der Waals surface area contributed by atoms with Crippen LogP contribution >= 0.6 is 0 Å². The number of hydrogen-bond acceptors (Lipinski definition) is 3. The Labute approximate surface area is 108 Å². The molecule has 0 aromatic heterocycles. The molecule has 0 saturated heterocycles. The summed E-state index contributed by atoms with van der Waals surface area (Å²) in [5.41, 5.74) is 1.22. The summed E-state index contributed by atoms with van der Waals surface area (Å²) in [6.45, 7) is 1.28. The second-order valence-electron chi connectivity index (χ2n) is 4.09. The number of carbonyl (C=O) groups is 1. The minimum absolute atomic E-state index is 0.208. The highest BCUT2D eigenvalue weighted by molar-refractivity contribution is 5.66. The van der Waals surface area contributed by atoms with Crippen molar-refractivity contribution in [3.63, 3.8) is 0 Å². The van der Waals surface area contributed by atoms with Crippen molar-refractivity contribution in [2.75, 3.05) is 20.3 Å². The molecule has 0 amide bonds. The number of carboxylic acid groups (broad SMARTS) is 1. The van der Waals surface area contributed by atoms with E-state index in [0.29, 0.717) is 13.0 Å². The van der Waals surface area contributed by atoms with Crippen LogP contribution in [0.15, 0.2) is 24.3 Å². The molecule has 4 heteroatoms. The minimum Gasteiger partial charge on any atom is -0.494 e. The molecular weight excluding hydrogens is 232 g/mol. The maximum atomic E-state index is 10.3. The molecule has 0 unspecified atom stereocenters. The van der Waals surface area contributed by atoms with Gasteiger partial charge in [-0.1, -0.05) is 12.1 Å². The van der Waals surface area contributed by atoms with Gasteiger partial charge in [-0.05, 0) is 37.0 Å². The van der Waals surface area contributed by atoms with E-state index in [2.05, 4.69) is 0 Å². The molecule has 0 aliphatic carbocycles. The van der Waals surface area contributed by atoms with Crippen LogP contribution in [0.3, 0.4) is 0 Å². The van der Waals surface area contributed by atoms with Crippen LogP contribution in [0.4, 0.5) is 0 Å². The number of rotatable bonds is 9. The smallest absolute Gasteiger partial charge is 0.303 e. The Morgan fingerprint density at radius 1 is 1.17 bits per heavy atom. The average Bonchev–Trinajstić information content (AvgIpc) is 2.37. The van der Waals surface area contributed by atoms with E-state index in [4.69, 9.17) is 14.6 Å². The predicted molar refractivity (Wildman–Crippen MR) is 69.0 cm³/mol. The molecule has 1 aromatic rings. The molecule has 0 radical (unpaired) electrons. The first-order valence-corrected chi connectivity index (χ1v) is 6.15. The Bertz CT molecular complexity index is 345. The predicted octanol–water partition coefficient (Wildman–Crippen LogP) is 2.51. The van der Waals surface area contributed by atoms with Gasteiger partial charge >= 0.3 is 5.97 Å². The first-order valence-electron chi connectivity index (χ1n) is 6.15. The first kappa shape index (κ1) is 14.5. The third-order valence-corrected chi connectivity index (χ3v) is 2.57. The van der Waals surface area contributed by atoms with Crippen LogP contribution in [0.2, 0.25) is 0 Å². The van der Waals surface area contributed by atoms with Crippen LogP contribution in [0, 0.1) is 0 Å². The quantitative estimate of drug-likeness (QED) is 0.686. The first-order chi connectivity index (χ1) is 8.72. The molecule has 0 fully saturated rings. The van der Waals surface area contributed by atoms with Crippen LogP contribution in [-0.2, 0) is 16.0 Å². The summed E-state index contributed by atoms with van der Waals surface area (Å²) in [6, 6.07) is 7.90. The van der Waals surface area contributed by atoms with E-state index in [1.807, 2.05) is 24.3 Å². The SMILES string of the molecule is COCCc1ccc(OCCCCC(=O)O)cc1. The number of methoxy groups -OCH3 is 1. The number of hydrogen-bond donors (Lipinski definition) is 1. The number of unbranched alkanes of at least 4 members (excludes halogenated alkanes) is 1. The highest BCUT2D eigenvalue weighted by Crippen LogP contribution is 2.13. The molecule has 0 atom stereocenters. The van der Waals surface area contributed by atoms with Gasteiger partial charge in [0.05, 0.1) is 13.2 Å². The highest BCUT2D eigenvalue weighted by Gasteiger charge is 1.98. The zero-order valence-corrected chi connectivity index (χ0v) is 10.7. The fourth-order valence-corrected chi connectivity index (χ4v) is 1.54. The lowest BCUT2D eigenvalue weighted by molar-refractivity contribution is -0.137. The van der Waals surface area contributed by atoms with E-state index in [9.17, 15) is 4.79 Å². The van der Waals surface area contributed by atoms with Gasteiger partial charge in [0.2, 0.25) is 0 Å². The van der Waals surface area contributed by atoms with Gasteiger partial charge in [0, 0.05) is 13.5 Å². The Morgan fingerprint density at radius 2 is 1.89 bits per heavy atom. The lowest BCUT2D eigenvalue weighted by atomic mass is 10.1. The Balaban J connectivity index is 2.20. The second kappa shape index (κ2) is 8.53. The maximum absolute atomic E-state index is 10.3. The fourth-order valence-electron chi connectivity index (χ4n) is 1.54. The van der Waals surface area contributed by atoms with E-state index in [1.165, 1.54) is 5.56 Å². The van der Waals surface area contributed by atoms with Gasteiger partial charge in [-0.25, -0.2) is 0 Å². The van der Waals surface area contributed by atoms with Crippen molar-refractivity contribution in [2.45, 2.75) is 25.7 Å². The third-order valence-electron chi connectivity index (χ3n) is 2.57. The Kier molecular flexibility index (Phi) is 6.87. The highest BCUT2D eigenvalue weighted by atomic mass is 16.5. The molecule has 0 saturated carbocycles. The zero-order valence-electron chi connectivity index (χ0n) is 10.7. The van der Waals surface area contributed by atoms with Crippen molar-refractivity contribution in [3.05, 3.63) is 29.8 Å². The molecule has 0 heterocycles. The van der Waals surface area contributed by atoms with Crippen LogP contribution in [0.25, 0.3) is 0 Å². The van der Waals surface area contributed by atoms with Crippen LogP contribution in [0.1, 0.15) is 24.8 Å². The number of benzene rings is 1. The molecule has 0 aliphatic heterocycles. The molecule has 100 valence electrons. The summed E-state index contributed by atoms with van der Waals surface area (Å²) in [4.78, 5) is 10.3. The van der Waals surface area contributed by atoms with E-state index < -0.39 is 5.97 Å². The van der Waals surface area contributed by atoms with Crippen LogP contribution in [0.5, 0.6) is 5.75 Å². The molecule has 0 aliphatic rings. The summed E-state index contributed by atoms with van der Waals surface area (Å²) in [5.74, 6) is 0.0731. The maximum Gasteiger partial charge on any atom is 0.303 e. The van der Waals surface area contributed by atoms with Crippen molar-refractivity contribution in [1.82, 2.24) is 0 Å². The molecule has 1 aromatic carbocycles. The average molecular weight is 252 g/mol. The standard InChI is InChI=1S/C14H20O4/c1-17-11-9-12-5-7-13(8-6-12)18-10-3-2-4-14(15)16/h5-8H,2-4,9-11H2,1H3,(H,15,16). The zero-order chi connectivity index (χ0) is 13.2. The topological polar surface area (TPSA) is 55.8 Å². The molecule has 0 bridgehead atoms. The summed E-state index contributed by atoms with van der Waals surface area (Å²) in [5, 5.41) is 8.48. The van der Waals surface area contributed by atoms with E-state index >= 15 is 0 Å². The Morgan fingerprint density at radius 3 is 2.50 bits per heavy atom. The molecule has 1 rings (SSSR count). The van der Waals surface area contributed by atoms with Gasteiger partial charge in [-0.3, -0.25) is 4.79 Å². The second-order valence-corrected chi connectivity index (χ2v) is 4.09. The van der Waals surface area contributed by atoms with E-state index in [1.54, 1.807) is 7.11 Å². The fraction of sp³-hybridized carbons (Fsp3) is 0.500. The molecule has 1 N–H and O–H groups in total. The van der Waals surface area contributed by atoms with Crippen molar-refractivity contribution in [2.24, 2.45) is 0 Å².